The number of rotatable bonds is 3. The Hall–Kier alpha value is -2.63. The maximum absolute atomic E-state index is 12.3. The first-order valence-electron chi connectivity index (χ1n) is 8.73. The maximum Gasteiger partial charge on any atom is 0.240 e. The Morgan fingerprint density at radius 2 is 2.00 bits per heavy atom. The first-order chi connectivity index (χ1) is 13.5. The third-order valence-corrected chi connectivity index (χ3v) is 5.29. The van der Waals surface area contributed by atoms with Crippen LogP contribution in [0.3, 0.4) is 0 Å². The highest BCUT2D eigenvalue weighted by molar-refractivity contribution is 6.31. The van der Waals surface area contributed by atoms with Crippen molar-refractivity contribution in [3.8, 4) is 5.75 Å². The topological polar surface area (TPSA) is 54.8 Å². The molecular weight excluding hydrogens is 397 g/mol. The van der Waals surface area contributed by atoms with Crippen LogP contribution in [0.4, 0.5) is 0 Å². The molecule has 0 aliphatic carbocycles. The quantitative estimate of drug-likeness (QED) is 0.551. The van der Waals surface area contributed by atoms with Crippen LogP contribution >= 0.6 is 23.2 Å². The Labute approximate surface area is 172 Å². The van der Waals surface area contributed by atoms with E-state index < -0.39 is 0 Å². The van der Waals surface area contributed by atoms with Gasteiger partial charge in [0, 0.05) is 29.3 Å². The van der Waals surface area contributed by atoms with E-state index >= 15 is 0 Å². The van der Waals surface area contributed by atoms with E-state index in [1.54, 1.807) is 13.2 Å². The van der Waals surface area contributed by atoms with Gasteiger partial charge in [0.15, 0.2) is 0 Å². The van der Waals surface area contributed by atoms with Gasteiger partial charge < -0.3 is 4.74 Å². The normalized spacial score (nSPS) is 16.4. The number of fused-ring (bicyclic) bond motifs is 1. The number of hydrazone groups is 1. The van der Waals surface area contributed by atoms with Gasteiger partial charge in [-0.05, 0) is 42.0 Å². The van der Waals surface area contributed by atoms with Gasteiger partial charge in [-0.15, -0.1) is 0 Å². The van der Waals surface area contributed by atoms with Crippen LogP contribution in [0.2, 0.25) is 10.2 Å². The van der Waals surface area contributed by atoms with E-state index in [0.29, 0.717) is 16.6 Å². The Morgan fingerprint density at radius 1 is 1.18 bits per heavy atom. The van der Waals surface area contributed by atoms with Crippen LogP contribution in [0.5, 0.6) is 5.75 Å². The summed E-state index contributed by atoms with van der Waals surface area (Å²) in [6.07, 6.45) is 0.525. The number of carbonyl (C=O) groups is 1. The molecular formula is C21H17Cl2N3O2. The van der Waals surface area contributed by atoms with Crippen molar-refractivity contribution in [3.63, 3.8) is 0 Å². The zero-order valence-electron chi connectivity index (χ0n) is 15.3. The number of amides is 1. The molecule has 3 aromatic rings. The second-order valence-electron chi connectivity index (χ2n) is 6.57. The zero-order valence-corrected chi connectivity index (χ0v) is 16.8. The van der Waals surface area contributed by atoms with Gasteiger partial charge in [-0.1, -0.05) is 35.3 Å². The average Bonchev–Trinajstić information content (AvgIpc) is 3.12. The largest absolute Gasteiger partial charge is 0.497 e. The summed E-state index contributed by atoms with van der Waals surface area (Å²) in [5, 5.41) is 7.87. The Balaban J connectivity index is 1.77. The fourth-order valence-corrected chi connectivity index (χ4v) is 3.86. The second-order valence-corrected chi connectivity index (χ2v) is 7.36. The van der Waals surface area contributed by atoms with Crippen molar-refractivity contribution in [2.45, 2.75) is 19.4 Å². The molecule has 1 unspecified atom stereocenters. The molecule has 1 aliphatic rings. The average molecular weight is 414 g/mol. The summed E-state index contributed by atoms with van der Waals surface area (Å²) in [6.45, 7) is 1.49. The summed E-state index contributed by atoms with van der Waals surface area (Å²) in [6, 6.07) is 14.6. The molecule has 1 aliphatic heterocycles. The van der Waals surface area contributed by atoms with Crippen molar-refractivity contribution < 1.29 is 9.53 Å². The molecule has 2 heterocycles. The van der Waals surface area contributed by atoms with Gasteiger partial charge >= 0.3 is 0 Å². The summed E-state index contributed by atoms with van der Waals surface area (Å²) >= 11 is 12.6. The summed E-state index contributed by atoms with van der Waals surface area (Å²) in [7, 11) is 1.62. The van der Waals surface area contributed by atoms with Crippen LogP contribution in [-0.2, 0) is 4.79 Å². The number of hydrogen-bond donors (Lipinski definition) is 0. The minimum Gasteiger partial charge on any atom is -0.497 e. The first kappa shape index (κ1) is 18.7. The molecule has 0 saturated heterocycles. The molecule has 1 aromatic heterocycles. The van der Waals surface area contributed by atoms with Crippen LogP contribution in [-0.4, -0.2) is 28.7 Å². The molecule has 1 atom stereocenters. The minimum atomic E-state index is -0.331. The van der Waals surface area contributed by atoms with Gasteiger partial charge in [-0.25, -0.2) is 9.99 Å². The molecule has 0 N–H and O–H groups in total. The molecule has 7 heteroatoms. The predicted octanol–water partition coefficient (Wildman–Crippen LogP) is 5.25. The lowest BCUT2D eigenvalue weighted by Gasteiger charge is -2.21. The maximum atomic E-state index is 12.3. The third-order valence-electron chi connectivity index (χ3n) is 4.75. The molecule has 142 valence electrons. The Kier molecular flexibility index (Phi) is 4.96. The fraction of sp³-hybridized carbons (Fsp3) is 0.190. The van der Waals surface area contributed by atoms with Crippen molar-refractivity contribution in [1.29, 1.82) is 0 Å². The van der Waals surface area contributed by atoms with Crippen LogP contribution in [0.15, 0.2) is 53.6 Å². The van der Waals surface area contributed by atoms with Crippen LogP contribution in [0.1, 0.15) is 30.5 Å². The molecule has 28 heavy (non-hydrogen) atoms. The molecule has 0 bridgehead atoms. The molecule has 0 saturated carbocycles. The second kappa shape index (κ2) is 7.41. The highest BCUT2D eigenvalue weighted by Crippen LogP contribution is 2.37. The number of benzene rings is 2. The van der Waals surface area contributed by atoms with Crippen molar-refractivity contribution >= 4 is 45.7 Å². The van der Waals surface area contributed by atoms with Gasteiger partial charge in [0.25, 0.3) is 0 Å². The zero-order chi connectivity index (χ0) is 19.8. The SMILES string of the molecule is COc1ccc2nc(Cl)c(C3CC(c4cccc(Cl)c4)=NN3C(C)=O)cc2c1. The van der Waals surface area contributed by atoms with E-state index in [9.17, 15) is 4.79 Å². The number of halogens is 2. The van der Waals surface area contributed by atoms with Gasteiger partial charge in [-0.3, -0.25) is 4.79 Å². The molecule has 5 nitrogen and oxygen atoms in total. The number of ether oxygens (including phenoxy) is 1. The summed E-state index contributed by atoms with van der Waals surface area (Å²) in [4.78, 5) is 16.8. The number of aromatic nitrogens is 1. The van der Waals surface area contributed by atoms with Crippen molar-refractivity contribution in [3.05, 3.63) is 69.8 Å². The molecule has 0 spiro atoms. The van der Waals surface area contributed by atoms with Crippen molar-refractivity contribution in [1.82, 2.24) is 9.99 Å². The molecule has 0 fully saturated rings. The fourth-order valence-electron chi connectivity index (χ4n) is 3.39. The van der Waals surface area contributed by atoms with Gasteiger partial charge in [0.2, 0.25) is 5.91 Å². The highest BCUT2D eigenvalue weighted by Gasteiger charge is 2.33. The lowest BCUT2D eigenvalue weighted by molar-refractivity contribution is -0.130. The Bertz CT molecular complexity index is 1110. The van der Waals surface area contributed by atoms with E-state index in [1.165, 1.54) is 11.9 Å². The number of nitrogens with zero attached hydrogens (tertiary/aromatic N) is 3. The summed E-state index contributed by atoms with van der Waals surface area (Å²) < 4.78 is 5.30. The predicted molar refractivity (Wildman–Crippen MR) is 111 cm³/mol. The van der Waals surface area contributed by atoms with Gasteiger partial charge in [0.1, 0.15) is 10.9 Å². The van der Waals surface area contributed by atoms with E-state index in [2.05, 4.69) is 10.1 Å². The van der Waals surface area contributed by atoms with Gasteiger partial charge in [-0.2, -0.15) is 5.10 Å². The first-order valence-corrected chi connectivity index (χ1v) is 9.49. The number of methoxy groups -OCH3 is 1. The smallest absolute Gasteiger partial charge is 0.240 e. The number of pyridine rings is 1. The van der Waals surface area contributed by atoms with Crippen LogP contribution < -0.4 is 4.74 Å². The minimum absolute atomic E-state index is 0.163. The molecule has 0 radical (unpaired) electrons. The van der Waals surface area contributed by atoms with Crippen LogP contribution in [0.25, 0.3) is 10.9 Å². The lowest BCUT2D eigenvalue weighted by Crippen LogP contribution is -2.24. The number of hydrogen-bond acceptors (Lipinski definition) is 4. The highest BCUT2D eigenvalue weighted by atomic mass is 35.5. The Morgan fingerprint density at radius 3 is 2.71 bits per heavy atom. The summed E-state index contributed by atoms with van der Waals surface area (Å²) in [5.74, 6) is 0.567. The van der Waals surface area contributed by atoms with Crippen molar-refractivity contribution in [2.75, 3.05) is 7.11 Å². The lowest BCUT2D eigenvalue weighted by atomic mass is 9.98. The number of carbonyl (C=O) groups excluding carboxylic acids is 1. The monoisotopic (exact) mass is 413 g/mol. The molecule has 4 rings (SSSR count). The van der Waals surface area contributed by atoms with Crippen molar-refractivity contribution in [2.24, 2.45) is 5.10 Å². The molecule has 2 aromatic carbocycles. The van der Waals surface area contributed by atoms with E-state index in [0.717, 1.165) is 33.5 Å². The summed E-state index contributed by atoms with van der Waals surface area (Å²) in [5.41, 5.74) is 3.17. The third kappa shape index (κ3) is 3.43. The van der Waals surface area contributed by atoms with E-state index in [-0.39, 0.29) is 11.9 Å². The standard InChI is InChI=1S/C21H17Cl2N3O2/c1-12(27)26-20(11-19(25-26)13-4-3-5-15(22)8-13)17-10-14-9-16(28-2)6-7-18(14)24-21(17)23/h3-10,20H,11H2,1-2H3. The van der Waals surface area contributed by atoms with Gasteiger partial charge in [0.05, 0.1) is 24.4 Å². The van der Waals surface area contributed by atoms with Crippen LogP contribution in [0, 0.1) is 0 Å². The van der Waals surface area contributed by atoms with E-state index in [1.807, 2.05) is 42.5 Å². The van der Waals surface area contributed by atoms with E-state index in [4.69, 9.17) is 27.9 Å². The molecule has 1 amide bonds.